The van der Waals surface area contributed by atoms with Gasteiger partial charge in [0.2, 0.25) is 5.91 Å². The van der Waals surface area contributed by atoms with Gasteiger partial charge in [-0.25, -0.2) is 4.98 Å². The molecule has 3 heterocycles. The topological polar surface area (TPSA) is 82.1 Å². The van der Waals surface area contributed by atoms with Gasteiger partial charge in [-0.3, -0.25) is 4.79 Å². The fourth-order valence-corrected chi connectivity index (χ4v) is 2.47. The zero-order chi connectivity index (χ0) is 15.4. The second kappa shape index (κ2) is 6.76. The van der Waals surface area contributed by atoms with Gasteiger partial charge in [0.1, 0.15) is 0 Å². The van der Waals surface area contributed by atoms with Gasteiger partial charge in [-0.05, 0) is 12.1 Å². The number of morpholine rings is 1. The van der Waals surface area contributed by atoms with Gasteiger partial charge in [-0.1, -0.05) is 0 Å². The molecular weight excluding hydrogens is 284 g/mol. The van der Waals surface area contributed by atoms with E-state index in [1.807, 2.05) is 33.8 Å². The number of amides is 1. The van der Waals surface area contributed by atoms with Gasteiger partial charge in [0.25, 0.3) is 0 Å². The Kier molecular flexibility index (Phi) is 4.55. The van der Waals surface area contributed by atoms with Crippen LogP contribution in [0.15, 0.2) is 24.5 Å². The molecule has 1 aliphatic heterocycles. The summed E-state index contributed by atoms with van der Waals surface area (Å²) in [7, 11) is 0. The molecule has 1 aliphatic rings. The van der Waals surface area contributed by atoms with Crippen LogP contribution < -0.4 is 10.5 Å². The monoisotopic (exact) mass is 304 g/mol. The van der Waals surface area contributed by atoms with E-state index in [1.54, 1.807) is 0 Å². The number of carbonyl (C=O) groups is 1. The molecule has 2 aromatic rings. The van der Waals surface area contributed by atoms with Crippen molar-refractivity contribution in [1.82, 2.24) is 14.3 Å². The Bertz CT molecular complexity index is 649. The summed E-state index contributed by atoms with van der Waals surface area (Å²) in [4.78, 5) is 18.3. The number of nitrogens with two attached hydrogens (primary N) is 1. The number of imidazole rings is 1. The number of aromatic nitrogens is 2. The number of hydrogen-bond acceptors (Lipinski definition) is 5. The molecule has 0 atom stereocenters. The highest BCUT2D eigenvalue weighted by atomic mass is 16.5. The second-order valence-corrected chi connectivity index (χ2v) is 5.13. The van der Waals surface area contributed by atoms with Crippen molar-refractivity contribution in [2.45, 2.75) is 13.0 Å². The third-order valence-corrected chi connectivity index (χ3v) is 3.64. The highest BCUT2D eigenvalue weighted by molar-refractivity contribution is 5.76. The van der Waals surface area contributed by atoms with Crippen LogP contribution in [0.25, 0.3) is 5.65 Å². The number of nitrogens with zero attached hydrogens (tertiary/aromatic N) is 3. The highest BCUT2D eigenvalue weighted by Gasteiger charge is 2.16. The Morgan fingerprint density at radius 1 is 1.41 bits per heavy atom. The van der Waals surface area contributed by atoms with Gasteiger partial charge in [-0.15, -0.1) is 0 Å². The van der Waals surface area contributed by atoms with Gasteiger partial charge in [-0.2, -0.15) is 0 Å². The van der Waals surface area contributed by atoms with E-state index in [4.69, 9.17) is 15.2 Å². The van der Waals surface area contributed by atoms with Crippen LogP contribution in [-0.4, -0.2) is 53.1 Å². The number of pyridine rings is 1. The van der Waals surface area contributed by atoms with Crippen LogP contribution in [0.4, 0.5) is 0 Å². The lowest BCUT2D eigenvalue weighted by Crippen LogP contribution is -2.41. The summed E-state index contributed by atoms with van der Waals surface area (Å²) >= 11 is 0. The summed E-state index contributed by atoms with van der Waals surface area (Å²) in [5, 5.41) is 0. The van der Waals surface area contributed by atoms with E-state index in [2.05, 4.69) is 4.98 Å². The predicted molar refractivity (Wildman–Crippen MR) is 80.6 cm³/mol. The number of hydrogen-bond donors (Lipinski definition) is 1. The van der Waals surface area contributed by atoms with Crippen LogP contribution in [-0.2, 0) is 16.1 Å². The molecule has 0 aliphatic carbocycles. The molecule has 0 unspecified atom stereocenters. The summed E-state index contributed by atoms with van der Waals surface area (Å²) < 4.78 is 12.9. The van der Waals surface area contributed by atoms with Crippen molar-refractivity contribution < 1.29 is 14.3 Å². The Morgan fingerprint density at radius 3 is 3.00 bits per heavy atom. The van der Waals surface area contributed by atoms with E-state index < -0.39 is 0 Å². The average Bonchev–Trinajstić information content (AvgIpc) is 2.99. The molecule has 0 saturated carbocycles. The fraction of sp³-hybridized carbons (Fsp3) is 0.467. The highest BCUT2D eigenvalue weighted by Crippen LogP contribution is 2.19. The lowest BCUT2D eigenvalue weighted by Gasteiger charge is -2.26. The van der Waals surface area contributed by atoms with Gasteiger partial charge >= 0.3 is 0 Å². The first-order chi connectivity index (χ1) is 10.8. The molecule has 118 valence electrons. The summed E-state index contributed by atoms with van der Waals surface area (Å²) in [6, 6.07) is 3.73. The maximum absolute atomic E-state index is 12.1. The van der Waals surface area contributed by atoms with E-state index in [-0.39, 0.29) is 5.91 Å². The van der Waals surface area contributed by atoms with E-state index >= 15 is 0 Å². The smallest absolute Gasteiger partial charge is 0.226 e. The van der Waals surface area contributed by atoms with Gasteiger partial charge in [0.15, 0.2) is 11.4 Å². The molecule has 2 N–H and O–H groups in total. The predicted octanol–water partition coefficient (Wildman–Crippen LogP) is 0.421. The Hall–Kier alpha value is -2.12. The summed E-state index contributed by atoms with van der Waals surface area (Å²) in [6.07, 6.45) is 4.12. The molecule has 22 heavy (non-hydrogen) atoms. The van der Waals surface area contributed by atoms with Crippen molar-refractivity contribution in [3.05, 3.63) is 30.2 Å². The molecule has 7 nitrogen and oxygen atoms in total. The van der Waals surface area contributed by atoms with Crippen molar-refractivity contribution in [3.8, 4) is 5.75 Å². The summed E-state index contributed by atoms with van der Waals surface area (Å²) in [6.45, 7) is 3.27. The molecule has 7 heteroatoms. The van der Waals surface area contributed by atoms with Crippen LogP contribution in [0.5, 0.6) is 5.75 Å². The minimum atomic E-state index is 0.0984. The van der Waals surface area contributed by atoms with Crippen LogP contribution in [0.2, 0.25) is 0 Å². The fourth-order valence-electron chi connectivity index (χ4n) is 2.47. The quantitative estimate of drug-likeness (QED) is 0.866. The van der Waals surface area contributed by atoms with Crippen molar-refractivity contribution in [2.75, 3.05) is 32.9 Å². The number of ether oxygens (including phenoxy) is 2. The molecular formula is C15H20N4O3. The molecule has 0 aromatic carbocycles. The van der Waals surface area contributed by atoms with E-state index in [9.17, 15) is 4.79 Å². The maximum atomic E-state index is 12.1. The third kappa shape index (κ3) is 3.20. The molecule has 1 amide bonds. The minimum Gasteiger partial charge on any atom is -0.489 e. The van der Waals surface area contributed by atoms with Gasteiger partial charge in [0, 0.05) is 32.0 Å². The average molecular weight is 304 g/mol. The zero-order valence-corrected chi connectivity index (χ0v) is 12.4. The van der Waals surface area contributed by atoms with E-state index in [0.717, 1.165) is 11.3 Å². The first kappa shape index (κ1) is 14.8. The normalized spacial score (nSPS) is 15.2. The minimum absolute atomic E-state index is 0.0984. The molecule has 2 aromatic heterocycles. The SMILES string of the molecule is NCc1cn2cccc(OCCC(=O)N3CCOCC3)c2n1. The van der Waals surface area contributed by atoms with Crippen LogP contribution in [0.1, 0.15) is 12.1 Å². The van der Waals surface area contributed by atoms with Crippen molar-refractivity contribution in [1.29, 1.82) is 0 Å². The summed E-state index contributed by atoms with van der Waals surface area (Å²) in [5.74, 6) is 0.762. The van der Waals surface area contributed by atoms with Gasteiger partial charge < -0.3 is 24.5 Å². The Morgan fingerprint density at radius 2 is 2.23 bits per heavy atom. The lowest BCUT2D eigenvalue weighted by atomic mass is 10.3. The Balaban J connectivity index is 1.59. The largest absolute Gasteiger partial charge is 0.489 e. The van der Waals surface area contributed by atoms with Crippen molar-refractivity contribution in [2.24, 2.45) is 5.73 Å². The molecule has 0 bridgehead atoms. The van der Waals surface area contributed by atoms with Gasteiger partial charge in [0.05, 0.1) is 31.9 Å². The maximum Gasteiger partial charge on any atom is 0.226 e. The number of rotatable bonds is 5. The number of carbonyl (C=O) groups excluding carboxylic acids is 1. The van der Waals surface area contributed by atoms with Crippen molar-refractivity contribution in [3.63, 3.8) is 0 Å². The molecule has 1 fully saturated rings. The van der Waals surface area contributed by atoms with Crippen LogP contribution in [0, 0.1) is 0 Å². The first-order valence-electron chi connectivity index (χ1n) is 7.43. The van der Waals surface area contributed by atoms with Crippen LogP contribution >= 0.6 is 0 Å². The Labute approximate surface area is 128 Å². The molecule has 1 saturated heterocycles. The zero-order valence-electron chi connectivity index (χ0n) is 12.4. The molecule has 3 rings (SSSR count). The summed E-state index contributed by atoms with van der Waals surface area (Å²) in [5.41, 5.74) is 7.14. The van der Waals surface area contributed by atoms with Crippen molar-refractivity contribution >= 4 is 11.6 Å². The standard InChI is InChI=1S/C15H20N4O3/c16-10-12-11-19-4-1-2-13(15(19)17-12)22-7-3-14(20)18-5-8-21-9-6-18/h1-2,4,11H,3,5-10,16H2. The lowest BCUT2D eigenvalue weighted by molar-refractivity contribution is -0.135. The molecule has 0 spiro atoms. The number of fused-ring (bicyclic) bond motifs is 1. The first-order valence-corrected chi connectivity index (χ1v) is 7.43. The van der Waals surface area contributed by atoms with Crippen LogP contribution in [0.3, 0.4) is 0 Å². The van der Waals surface area contributed by atoms with E-state index in [0.29, 0.717) is 51.6 Å². The molecule has 0 radical (unpaired) electrons. The second-order valence-electron chi connectivity index (χ2n) is 5.13. The van der Waals surface area contributed by atoms with E-state index in [1.165, 1.54) is 0 Å². The third-order valence-electron chi connectivity index (χ3n) is 3.64.